The highest BCUT2D eigenvalue weighted by Gasteiger charge is 2.22. The van der Waals surface area contributed by atoms with Crippen molar-refractivity contribution in [2.45, 2.75) is 32.1 Å². The van der Waals surface area contributed by atoms with E-state index in [1.165, 1.54) is 0 Å². The van der Waals surface area contributed by atoms with Gasteiger partial charge in [-0.2, -0.15) is 0 Å². The average Bonchev–Trinajstić information content (AvgIpc) is 2.40. The number of aliphatic carboxylic acids is 1. The van der Waals surface area contributed by atoms with Crippen LogP contribution in [0, 0.1) is 0 Å². The maximum absolute atomic E-state index is 11.0. The molecule has 1 rings (SSSR count). The van der Waals surface area contributed by atoms with Crippen molar-refractivity contribution in [3.05, 3.63) is 35.9 Å². The summed E-state index contributed by atoms with van der Waals surface area (Å²) in [6, 6.07) is 9.14. The van der Waals surface area contributed by atoms with Gasteiger partial charge in [0.2, 0.25) is 0 Å². The molecule has 2 atom stereocenters. The topological polar surface area (TPSA) is 70.0 Å². The predicted molar refractivity (Wildman–Crippen MR) is 76.4 cm³/mol. The zero-order valence-electron chi connectivity index (χ0n) is 12.0. The Hall–Kier alpha value is -1.43. The number of carboxylic acids is 1. The minimum Gasteiger partial charge on any atom is -0.480 e. The molecule has 2 N–H and O–H groups in total. The SMILES string of the molecule is CCC(C(=O)O)N(C)CC(O)COCc1ccccc1. The van der Waals surface area contributed by atoms with E-state index in [0.717, 1.165) is 5.56 Å². The molecular formula is C15H23NO4. The van der Waals surface area contributed by atoms with Crippen molar-refractivity contribution in [2.24, 2.45) is 0 Å². The van der Waals surface area contributed by atoms with Gasteiger partial charge >= 0.3 is 5.97 Å². The van der Waals surface area contributed by atoms with E-state index < -0.39 is 18.1 Å². The number of likely N-dealkylation sites (N-methyl/N-ethyl adjacent to an activating group) is 1. The lowest BCUT2D eigenvalue weighted by Crippen LogP contribution is -2.43. The number of ether oxygens (including phenoxy) is 1. The van der Waals surface area contributed by atoms with E-state index in [1.807, 2.05) is 37.3 Å². The second kappa shape index (κ2) is 8.68. The summed E-state index contributed by atoms with van der Waals surface area (Å²) >= 11 is 0. The number of hydrogen-bond acceptors (Lipinski definition) is 4. The summed E-state index contributed by atoms with van der Waals surface area (Å²) in [5.74, 6) is -0.868. The van der Waals surface area contributed by atoms with Crippen LogP contribution < -0.4 is 0 Å². The van der Waals surface area contributed by atoms with Gasteiger partial charge < -0.3 is 14.9 Å². The normalized spacial score (nSPS) is 14.2. The van der Waals surface area contributed by atoms with E-state index in [2.05, 4.69) is 0 Å². The van der Waals surface area contributed by atoms with Gasteiger partial charge in [-0.1, -0.05) is 37.3 Å². The molecule has 5 nitrogen and oxygen atoms in total. The van der Waals surface area contributed by atoms with Crippen LogP contribution in [0.25, 0.3) is 0 Å². The molecule has 0 aliphatic carbocycles. The molecule has 0 fully saturated rings. The molecule has 0 saturated carbocycles. The Morgan fingerprint density at radius 3 is 2.55 bits per heavy atom. The van der Waals surface area contributed by atoms with Crippen molar-refractivity contribution in [1.82, 2.24) is 4.90 Å². The van der Waals surface area contributed by atoms with Gasteiger partial charge in [0.1, 0.15) is 6.04 Å². The molecule has 0 bridgehead atoms. The molecule has 0 heterocycles. The highest BCUT2D eigenvalue weighted by Crippen LogP contribution is 2.05. The molecule has 1 aromatic carbocycles. The van der Waals surface area contributed by atoms with Crippen LogP contribution in [-0.4, -0.2) is 53.4 Å². The second-order valence-corrected chi connectivity index (χ2v) is 4.86. The summed E-state index contributed by atoms with van der Waals surface area (Å²) in [5, 5.41) is 18.9. The second-order valence-electron chi connectivity index (χ2n) is 4.86. The maximum Gasteiger partial charge on any atom is 0.320 e. The molecule has 0 radical (unpaired) electrons. The van der Waals surface area contributed by atoms with Crippen LogP contribution >= 0.6 is 0 Å². The summed E-state index contributed by atoms with van der Waals surface area (Å²) in [6.45, 7) is 2.72. The van der Waals surface area contributed by atoms with E-state index in [1.54, 1.807) is 11.9 Å². The first-order valence-corrected chi connectivity index (χ1v) is 6.77. The number of carbonyl (C=O) groups is 1. The summed E-state index contributed by atoms with van der Waals surface area (Å²) in [7, 11) is 1.70. The third kappa shape index (κ3) is 5.69. The van der Waals surface area contributed by atoms with Crippen LogP contribution in [0.15, 0.2) is 30.3 Å². The monoisotopic (exact) mass is 281 g/mol. The van der Waals surface area contributed by atoms with Gasteiger partial charge in [0.15, 0.2) is 0 Å². The number of aliphatic hydroxyl groups excluding tert-OH is 1. The number of hydrogen-bond donors (Lipinski definition) is 2. The van der Waals surface area contributed by atoms with Crippen molar-refractivity contribution >= 4 is 5.97 Å². The zero-order chi connectivity index (χ0) is 15.0. The maximum atomic E-state index is 11.0. The fourth-order valence-corrected chi connectivity index (χ4v) is 2.07. The van der Waals surface area contributed by atoms with Gasteiger partial charge in [-0.05, 0) is 19.0 Å². The van der Waals surface area contributed by atoms with E-state index >= 15 is 0 Å². The van der Waals surface area contributed by atoms with E-state index in [0.29, 0.717) is 13.0 Å². The molecule has 20 heavy (non-hydrogen) atoms. The van der Waals surface area contributed by atoms with Crippen molar-refractivity contribution < 1.29 is 19.7 Å². The third-order valence-corrected chi connectivity index (χ3v) is 3.12. The smallest absolute Gasteiger partial charge is 0.320 e. The van der Waals surface area contributed by atoms with E-state index in [4.69, 9.17) is 9.84 Å². The van der Waals surface area contributed by atoms with Gasteiger partial charge in [-0.15, -0.1) is 0 Å². The standard InChI is InChI=1S/C15H23NO4/c1-3-14(15(18)19)16(2)9-13(17)11-20-10-12-7-5-4-6-8-12/h4-8,13-14,17H,3,9-11H2,1-2H3,(H,18,19). The molecule has 0 saturated heterocycles. The van der Waals surface area contributed by atoms with Crippen LogP contribution in [0.4, 0.5) is 0 Å². The molecule has 2 unspecified atom stereocenters. The Morgan fingerprint density at radius 1 is 1.35 bits per heavy atom. The lowest BCUT2D eigenvalue weighted by molar-refractivity contribution is -0.143. The van der Waals surface area contributed by atoms with Gasteiger partial charge in [-0.25, -0.2) is 0 Å². The number of nitrogens with zero attached hydrogens (tertiary/aromatic N) is 1. The quantitative estimate of drug-likeness (QED) is 0.715. The summed E-state index contributed by atoms with van der Waals surface area (Å²) in [5.41, 5.74) is 1.05. The number of rotatable bonds is 9. The van der Waals surface area contributed by atoms with Crippen LogP contribution in [0.5, 0.6) is 0 Å². The highest BCUT2D eigenvalue weighted by molar-refractivity contribution is 5.73. The van der Waals surface area contributed by atoms with Crippen molar-refractivity contribution in [2.75, 3.05) is 20.2 Å². The summed E-state index contributed by atoms with van der Waals surface area (Å²) in [6.07, 6.45) is -0.194. The lowest BCUT2D eigenvalue weighted by Gasteiger charge is -2.25. The third-order valence-electron chi connectivity index (χ3n) is 3.12. The largest absolute Gasteiger partial charge is 0.480 e. The molecule has 0 aliphatic heterocycles. The Labute approximate surface area is 119 Å². The van der Waals surface area contributed by atoms with Crippen LogP contribution in [0.1, 0.15) is 18.9 Å². The Balaban J connectivity index is 2.29. The van der Waals surface area contributed by atoms with Gasteiger partial charge in [-0.3, -0.25) is 9.69 Å². The van der Waals surface area contributed by atoms with Gasteiger partial charge in [0.25, 0.3) is 0 Å². The lowest BCUT2D eigenvalue weighted by atomic mass is 10.2. The van der Waals surface area contributed by atoms with Crippen LogP contribution in [-0.2, 0) is 16.1 Å². The Morgan fingerprint density at radius 2 is 2.00 bits per heavy atom. The molecule has 1 aromatic rings. The first-order valence-electron chi connectivity index (χ1n) is 6.77. The summed E-state index contributed by atoms with van der Waals surface area (Å²) < 4.78 is 5.43. The summed E-state index contributed by atoms with van der Waals surface area (Å²) in [4.78, 5) is 12.6. The van der Waals surface area contributed by atoms with Crippen molar-refractivity contribution in [3.8, 4) is 0 Å². The number of aliphatic hydroxyl groups is 1. The van der Waals surface area contributed by atoms with Crippen molar-refractivity contribution in [1.29, 1.82) is 0 Å². The predicted octanol–water partition coefficient (Wildman–Crippen LogP) is 1.36. The minimum absolute atomic E-state index is 0.190. The minimum atomic E-state index is -0.868. The Bertz CT molecular complexity index is 396. The molecule has 0 spiro atoms. The van der Waals surface area contributed by atoms with E-state index in [-0.39, 0.29) is 13.2 Å². The first-order chi connectivity index (χ1) is 9.54. The first kappa shape index (κ1) is 16.6. The van der Waals surface area contributed by atoms with Crippen LogP contribution in [0.2, 0.25) is 0 Å². The molecule has 112 valence electrons. The van der Waals surface area contributed by atoms with E-state index in [9.17, 15) is 9.90 Å². The molecule has 5 heteroatoms. The average molecular weight is 281 g/mol. The van der Waals surface area contributed by atoms with Gasteiger partial charge in [0.05, 0.1) is 19.3 Å². The fourth-order valence-electron chi connectivity index (χ4n) is 2.07. The number of carboxylic acid groups (broad SMARTS) is 1. The number of benzene rings is 1. The molecule has 0 amide bonds. The fraction of sp³-hybridized carbons (Fsp3) is 0.533. The van der Waals surface area contributed by atoms with Gasteiger partial charge in [0, 0.05) is 6.54 Å². The Kier molecular flexibility index (Phi) is 7.22. The highest BCUT2D eigenvalue weighted by atomic mass is 16.5. The van der Waals surface area contributed by atoms with Crippen LogP contribution in [0.3, 0.4) is 0 Å². The molecular weight excluding hydrogens is 258 g/mol. The van der Waals surface area contributed by atoms with Crippen molar-refractivity contribution in [3.63, 3.8) is 0 Å². The zero-order valence-corrected chi connectivity index (χ0v) is 12.0. The molecule has 0 aromatic heterocycles. The molecule has 0 aliphatic rings.